The third kappa shape index (κ3) is 3.93. The third-order valence-electron chi connectivity index (χ3n) is 5.93. The van der Waals surface area contributed by atoms with Crippen LogP contribution in [-0.2, 0) is 11.4 Å². The highest BCUT2D eigenvalue weighted by Gasteiger charge is 2.55. The van der Waals surface area contributed by atoms with Crippen molar-refractivity contribution in [2.24, 2.45) is 0 Å². The van der Waals surface area contributed by atoms with E-state index in [-0.39, 0.29) is 25.0 Å². The minimum Gasteiger partial charge on any atom is -0.392 e. The molecule has 1 aliphatic heterocycles. The van der Waals surface area contributed by atoms with E-state index in [1.807, 2.05) is 6.07 Å². The number of aliphatic hydroxyl groups is 1. The number of alkyl halides is 2. The number of nitrogens with zero attached hydrogens (tertiary/aromatic N) is 2. The summed E-state index contributed by atoms with van der Waals surface area (Å²) < 4.78 is 27.0. The van der Waals surface area contributed by atoms with E-state index >= 15 is 0 Å². The Morgan fingerprint density at radius 3 is 2.45 bits per heavy atom. The van der Waals surface area contributed by atoms with Gasteiger partial charge in [0.25, 0.3) is 5.91 Å². The van der Waals surface area contributed by atoms with Gasteiger partial charge in [-0.1, -0.05) is 24.3 Å². The van der Waals surface area contributed by atoms with Crippen molar-refractivity contribution in [2.75, 3.05) is 6.54 Å². The maximum atomic E-state index is 13.5. The number of amides is 3. The number of pyridine rings is 1. The Kier molecular flexibility index (Phi) is 5.30. The van der Waals surface area contributed by atoms with Gasteiger partial charge in [-0.05, 0) is 30.5 Å². The third-order valence-corrected chi connectivity index (χ3v) is 5.93. The molecular formula is C22H21F2N3O4. The predicted molar refractivity (Wildman–Crippen MR) is 106 cm³/mol. The van der Waals surface area contributed by atoms with Crippen molar-refractivity contribution >= 4 is 17.7 Å². The number of benzene rings is 1. The molecule has 0 radical (unpaired) electrons. The van der Waals surface area contributed by atoms with E-state index in [1.165, 1.54) is 12.3 Å². The zero-order valence-electron chi connectivity index (χ0n) is 16.6. The fourth-order valence-electron chi connectivity index (χ4n) is 4.06. The van der Waals surface area contributed by atoms with Crippen LogP contribution in [-0.4, -0.2) is 50.7 Å². The van der Waals surface area contributed by atoms with Gasteiger partial charge in [-0.2, -0.15) is 0 Å². The highest BCUT2D eigenvalue weighted by molar-refractivity contribution is 6.11. The molecule has 0 atom stereocenters. The predicted octanol–water partition coefficient (Wildman–Crippen LogP) is 2.92. The summed E-state index contributed by atoms with van der Waals surface area (Å²) in [5.41, 5.74) is 0.848. The number of aliphatic hydroxyl groups excluding tert-OH is 1. The average Bonchev–Trinajstić information content (AvgIpc) is 3.00. The molecule has 2 aliphatic rings. The van der Waals surface area contributed by atoms with Gasteiger partial charge in [0.15, 0.2) is 5.78 Å². The van der Waals surface area contributed by atoms with Crippen LogP contribution in [0.25, 0.3) is 11.3 Å². The second kappa shape index (κ2) is 7.81. The van der Waals surface area contributed by atoms with Crippen molar-refractivity contribution in [3.63, 3.8) is 0 Å². The first kappa shape index (κ1) is 21.0. The molecule has 3 amide bonds. The monoisotopic (exact) mass is 429 g/mol. The van der Waals surface area contributed by atoms with E-state index in [0.717, 1.165) is 10.5 Å². The largest absolute Gasteiger partial charge is 0.392 e. The van der Waals surface area contributed by atoms with Gasteiger partial charge in [-0.3, -0.25) is 19.5 Å². The SMILES string of the molecule is O=C(CN1C(=O)NC2(CCC(F)(F)CC2)C1=O)c1ccc(-c2ccccc2CO)nc1. The van der Waals surface area contributed by atoms with E-state index < -0.39 is 48.6 Å². The standard InChI is InChI=1S/C22H21F2N3O4/c23-22(24)9-7-21(8-10-22)19(30)27(20(31)26-21)12-18(29)14-5-6-17(25-11-14)16-4-2-1-3-15(16)13-28/h1-6,11,28H,7-10,12-13H2,(H,26,31). The number of Topliss-reactive ketones (excluding diaryl/α,β-unsaturated/α-hetero) is 1. The molecule has 2 aromatic rings. The number of urea groups is 1. The summed E-state index contributed by atoms with van der Waals surface area (Å²) in [6.07, 6.45) is 0.0653. The molecule has 1 saturated carbocycles. The Morgan fingerprint density at radius 1 is 1.10 bits per heavy atom. The van der Waals surface area contributed by atoms with Gasteiger partial charge in [0.05, 0.1) is 18.8 Å². The molecule has 1 aromatic heterocycles. The van der Waals surface area contributed by atoms with Crippen LogP contribution in [0.3, 0.4) is 0 Å². The lowest BCUT2D eigenvalue weighted by atomic mass is 9.80. The normalized spacial score (nSPS) is 19.5. The van der Waals surface area contributed by atoms with Crippen LogP contribution in [0.15, 0.2) is 42.6 Å². The highest BCUT2D eigenvalue weighted by atomic mass is 19.3. The zero-order chi connectivity index (χ0) is 22.2. The zero-order valence-corrected chi connectivity index (χ0v) is 16.6. The fraction of sp³-hybridized carbons (Fsp3) is 0.364. The van der Waals surface area contributed by atoms with E-state index in [9.17, 15) is 28.3 Å². The molecule has 9 heteroatoms. The second-order valence-electron chi connectivity index (χ2n) is 7.93. The Morgan fingerprint density at radius 2 is 1.81 bits per heavy atom. The lowest BCUT2D eigenvalue weighted by molar-refractivity contribution is -0.135. The minimum absolute atomic E-state index is 0.154. The van der Waals surface area contributed by atoms with Crippen LogP contribution < -0.4 is 5.32 Å². The maximum absolute atomic E-state index is 13.5. The molecule has 1 aromatic carbocycles. The van der Waals surface area contributed by atoms with Crippen LogP contribution in [0, 0.1) is 0 Å². The van der Waals surface area contributed by atoms with Crippen LogP contribution in [0.5, 0.6) is 0 Å². The average molecular weight is 429 g/mol. The molecule has 31 heavy (non-hydrogen) atoms. The number of hydrogen-bond acceptors (Lipinski definition) is 5. The van der Waals surface area contributed by atoms with E-state index in [2.05, 4.69) is 10.3 Å². The quantitative estimate of drug-likeness (QED) is 0.562. The summed E-state index contributed by atoms with van der Waals surface area (Å²) in [5.74, 6) is -3.97. The summed E-state index contributed by atoms with van der Waals surface area (Å²) >= 11 is 0. The van der Waals surface area contributed by atoms with Crippen LogP contribution >= 0.6 is 0 Å². The molecule has 2 fully saturated rings. The first-order valence-electron chi connectivity index (χ1n) is 9.95. The molecule has 2 heterocycles. The highest BCUT2D eigenvalue weighted by Crippen LogP contribution is 2.41. The molecule has 7 nitrogen and oxygen atoms in total. The molecule has 4 rings (SSSR count). The molecule has 0 bridgehead atoms. The fourth-order valence-corrected chi connectivity index (χ4v) is 4.06. The Balaban J connectivity index is 1.47. The number of aromatic nitrogens is 1. The lowest BCUT2D eigenvalue weighted by Gasteiger charge is -2.34. The number of rotatable bonds is 5. The maximum Gasteiger partial charge on any atom is 0.325 e. The number of ketones is 1. The second-order valence-corrected chi connectivity index (χ2v) is 7.93. The number of nitrogens with one attached hydrogen (secondary N) is 1. The number of carbonyl (C=O) groups excluding carboxylic acids is 3. The van der Waals surface area contributed by atoms with Gasteiger partial charge < -0.3 is 10.4 Å². The first-order valence-corrected chi connectivity index (χ1v) is 9.95. The van der Waals surface area contributed by atoms with Crippen LogP contribution in [0.1, 0.15) is 41.6 Å². The summed E-state index contributed by atoms with van der Waals surface area (Å²) in [4.78, 5) is 42.8. The van der Waals surface area contributed by atoms with Crippen molar-refractivity contribution in [3.8, 4) is 11.3 Å². The van der Waals surface area contributed by atoms with Crippen LogP contribution in [0.4, 0.5) is 13.6 Å². The van der Waals surface area contributed by atoms with Crippen molar-refractivity contribution in [3.05, 3.63) is 53.7 Å². The molecule has 0 unspecified atom stereocenters. The molecule has 1 saturated heterocycles. The molecular weight excluding hydrogens is 408 g/mol. The first-order chi connectivity index (χ1) is 14.7. The van der Waals surface area contributed by atoms with Gasteiger partial charge in [0.1, 0.15) is 5.54 Å². The lowest BCUT2D eigenvalue weighted by Crippen LogP contribution is -2.51. The Bertz CT molecular complexity index is 1030. The topological polar surface area (TPSA) is 99.6 Å². The summed E-state index contributed by atoms with van der Waals surface area (Å²) in [6.45, 7) is -0.643. The van der Waals surface area contributed by atoms with Crippen molar-refractivity contribution in [1.82, 2.24) is 15.2 Å². The van der Waals surface area contributed by atoms with Gasteiger partial charge >= 0.3 is 6.03 Å². The van der Waals surface area contributed by atoms with Gasteiger partial charge in [-0.15, -0.1) is 0 Å². The summed E-state index contributed by atoms with van der Waals surface area (Å²) in [5, 5.41) is 12.0. The smallest absolute Gasteiger partial charge is 0.325 e. The van der Waals surface area contributed by atoms with Gasteiger partial charge in [0.2, 0.25) is 5.92 Å². The minimum atomic E-state index is -2.85. The Hall–Kier alpha value is -3.20. The van der Waals surface area contributed by atoms with Crippen molar-refractivity contribution in [2.45, 2.75) is 43.8 Å². The van der Waals surface area contributed by atoms with Crippen molar-refractivity contribution in [1.29, 1.82) is 0 Å². The Labute approximate surface area is 177 Å². The number of halogens is 2. The number of carbonyl (C=O) groups is 3. The van der Waals surface area contributed by atoms with Crippen molar-refractivity contribution < 1.29 is 28.3 Å². The molecule has 162 valence electrons. The summed E-state index contributed by atoms with van der Waals surface area (Å²) in [6, 6.07) is 9.59. The molecule has 1 spiro atoms. The van der Waals surface area contributed by atoms with Gasteiger partial charge in [-0.25, -0.2) is 13.6 Å². The van der Waals surface area contributed by atoms with E-state index in [1.54, 1.807) is 24.3 Å². The van der Waals surface area contributed by atoms with E-state index in [4.69, 9.17) is 0 Å². The molecule has 1 aliphatic carbocycles. The number of hydrogen-bond donors (Lipinski definition) is 2. The van der Waals surface area contributed by atoms with E-state index in [0.29, 0.717) is 11.3 Å². The number of imide groups is 1. The molecule has 2 N–H and O–H groups in total. The van der Waals surface area contributed by atoms with Crippen LogP contribution in [0.2, 0.25) is 0 Å². The van der Waals surface area contributed by atoms with Gasteiger partial charge in [0, 0.05) is 30.2 Å². The summed E-state index contributed by atoms with van der Waals surface area (Å²) in [7, 11) is 0.